The predicted octanol–water partition coefficient (Wildman–Crippen LogP) is 3.10. The smallest absolute Gasteiger partial charge is 0.0345 e. The van der Waals surface area contributed by atoms with Gasteiger partial charge in [-0.3, -0.25) is 4.90 Å². The lowest BCUT2D eigenvalue weighted by Crippen LogP contribution is -2.22. The molecule has 88 valence electrons. The second-order valence-corrected chi connectivity index (χ2v) is 4.58. The van der Waals surface area contributed by atoms with Gasteiger partial charge in [0.05, 0.1) is 0 Å². The summed E-state index contributed by atoms with van der Waals surface area (Å²) in [5.41, 5.74) is 2.70. The van der Waals surface area contributed by atoms with Crippen molar-refractivity contribution in [3.8, 4) is 0 Å². The lowest BCUT2D eigenvalue weighted by atomic mass is 10.2. The second-order valence-electron chi connectivity index (χ2n) is 4.58. The number of benzene rings is 1. The van der Waals surface area contributed by atoms with Crippen LogP contribution in [0.2, 0.25) is 0 Å². The van der Waals surface area contributed by atoms with Gasteiger partial charge in [0.2, 0.25) is 0 Å². The molecule has 16 heavy (non-hydrogen) atoms. The third kappa shape index (κ3) is 3.24. The minimum atomic E-state index is 0.740. The Morgan fingerprint density at radius 3 is 2.62 bits per heavy atom. The summed E-state index contributed by atoms with van der Waals surface area (Å²) in [6.07, 6.45) is 2.67. The zero-order valence-corrected chi connectivity index (χ0v) is 10.4. The van der Waals surface area contributed by atoms with Crippen molar-refractivity contribution in [3.05, 3.63) is 29.8 Å². The largest absolute Gasteiger partial charge is 0.382 e. The quantitative estimate of drug-likeness (QED) is 0.789. The van der Waals surface area contributed by atoms with Crippen LogP contribution in [0.15, 0.2) is 24.3 Å². The first-order valence-electron chi connectivity index (χ1n) is 6.39. The van der Waals surface area contributed by atoms with E-state index in [9.17, 15) is 0 Å². The van der Waals surface area contributed by atoms with Crippen molar-refractivity contribution in [2.45, 2.75) is 39.3 Å². The molecule has 0 amide bonds. The van der Waals surface area contributed by atoms with Gasteiger partial charge < -0.3 is 5.32 Å². The van der Waals surface area contributed by atoms with Gasteiger partial charge in [0.25, 0.3) is 0 Å². The average molecular weight is 218 g/mol. The number of hydrogen-bond acceptors (Lipinski definition) is 2. The third-order valence-electron chi connectivity index (χ3n) is 3.18. The summed E-state index contributed by atoms with van der Waals surface area (Å²) in [5, 5.41) is 3.55. The molecule has 1 saturated carbocycles. The Bertz CT molecular complexity index is 327. The Hall–Kier alpha value is -1.02. The standard InChI is InChI=1S/C14H22N2/c1-3-16(4-2)11-12-6-5-7-14(10-12)15-13-8-9-13/h5-7,10,13,15H,3-4,8-9,11H2,1-2H3. The Labute approximate surface area is 98.7 Å². The van der Waals surface area contributed by atoms with Gasteiger partial charge in [0.15, 0.2) is 0 Å². The van der Waals surface area contributed by atoms with Gasteiger partial charge in [-0.2, -0.15) is 0 Å². The topological polar surface area (TPSA) is 15.3 Å². The highest BCUT2D eigenvalue weighted by Crippen LogP contribution is 2.25. The maximum atomic E-state index is 3.55. The molecule has 1 N–H and O–H groups in total. The number of nitrogens with one attached hydrogen (secondary N) is 1. The van der Waals surface area contributed by atoms with Crippen LogP contribution < -0.4 is 5.32 Å². The van der Waals surface area contributed by atoms with Crippen LogP contribution in [0.5, 0.6) is 0 Å². The van der Waals surface area contributed by atoms with Crippen molar-refractivity contribution in [3.63, 3.8) is 0 Å². The molecule has 0 unspecified atom stereocenters. The molecule has 2 nitrogen and oxygen atoms in total. The molecule has 1 aliphatic carbocycles. The SMILES string of the molecule is CCN(CC)Cc1cccc(NC2CC2)c1. The highest BCUT2D eigenvalue weighted by molar-refractivity contribution is 5.47. The van der Waals surface area contributed by atoms with E-state index in [0.29, 0.717) is 0 Å². The molecule has 0 atom stereocenters. The molecule has 2 heteroatoms. The van der Waals surface area contributed by atoms with Crippen LogP contribution in [0, 0.1) is 0 Å². The molecular weight excluding hydrogens is 196 g/mol. The molecule has 0 saturated heterocycles. The molecule has 1 aromatic rings. The molecule has 0 spiro atoms. The summed E-state index contributed by atoms with van der Waals surface area (Å²) in [6, 6.07) is 9.57. The molecule has 0 heterocycles. The Kier molecular flexibility index (Phi) is 3.83. The summed E-state index contributed by atoms with van der Waals surface area (Å²) in [6.45, 7) is 7.74. The van der Waals surface area contributed by atoms with E-state index in [4.69, 9.17) is 0 Å². The maximum absolute atomic E-state index is 3.55. The first-order valence-corrected chi connectivity index (χ1v) is 6.39. The molecule has 0 bridgehead atoms. The second kappa shape index (κ2) is 5.35. The number of hydrogen-bond donors (Lipinski definition) is 1. The van der Waals surface area contributed by atoms with Crippen LogP contribution in [0.4, 0.5) is 5.69 Å². The molecule has 1 aliphatic rings. The van der Waals surface area contributed by atoms with Gasteiger partial charge >= 0.3 is 0 Å². The van der Waals surface area contributed by atoms with Crippen LogP contribution in [0.3, 0.4) is 0 Å². The summed E-state index contributed by atoms with van der Waals surface area (Å²) >= 11 is 0. The van der Waals surface area contributed by atoms with E-state index in [1.165, 1.54) is 24.1 Å². The normalized spacial score (nSPS) is 15.4. The molecular formula is C14H22N2. The lowest BCUT2D eigenvalue weighted by molar-refractivity contribution is 0.296. The average Bonchev–Trinajstić information content (AvgIpc) is 3.10. The summed E-state index contributed by atoms with van der Waals surface area (Å²) in [4.78, 5) is 2.44. The molecule has 1 aromatic carbocycles. The third-order valence-corrected chi connectivity index (χ3v) is 3.18. The monoisotopic (exact) mass is 218 g/mol. The molecule has 0 aromatic heterocycles. The van der Waals surface area contributed by atoms with Gasteiger partial charge in [-0.1, -0.05) is 26.0 Å². The van der Waals surface area contributed by atoms with Crippen LogP contribution in [0.1, 0.15) is 32.3 Å². The molecule has 0 radical (unpaired) electrons. The van der Waals surface area contributed by atoms with E-state index in [1.54, 1.807) is 0 Å². The van der Waals surface area contributed by atoms with E-state index < -0.39 is 0 Å². The van der Waals surface area contributed by atoms with Gasteiger partial charge in [-0.15, -0.1) is 0 Å². The number of anilines is 1. The number of nitrogens with zero attached hydrogens (tertiary/aromatic N) is 1. The van der Waals surface area contributed by atoms with Gasteiger partial charge in [-0.25, -0.2) is 0 Å². The van der Waals surface area contributed by atoms with Crippen molar-refractivity contribution in [2.24, 2.45) is 0 Å². The Balaban J connectivity index is 1.97. The van der Waals surface area contributed by atoms with E-state index in [-0.39, 0.29) is 0 Å². The van der Waals surface area contributed by atoms with E-state index in [0.717, 1.165) is 25.7 Å². The predicted molar refractivity (Wildman–Crippen MR) is 69.7 cm³/mol. The summed E-state index contributed by atoms with van der Waals surface area (Å²) < 4.78 is 0. The first-order chi connectivity index (χ1) is 7.81. The molecule has 2 rings (SSSR count). The minimum absolute atomic E-state index is 0.740. The highest BCUT2D eigenvalue weighted by atomic mass is 15.1. The fourth-order valence-electron chi connectivity index (χ4n) is 1.93. The minimum Gasteiger partial charge on any atom is -0.382 e. The van der Waals surface area contributed by atoms with Crippen LogP contribution in [-0.4, -0.2) is 24.0 Å². The highest BCUT2D eigenvalue weighted by Gasteiger charge is 2.20. The summed E-state index contributed by atoms with van der Waals surface area (Å²) in [7, 11) is 0. The maximum Gasteiger partial charge on any atom is 0.0345 e. The van der Waals surface area contributed by atoms with Crippen molar-refractivity contribution < 1.29 is 0 Å². The fraction of sp³-hybridized carbons (Fsp3) is 0.571. The van der Waals surface area contributed by atoms with Crippen LogP contribution in [0.25, 0.3) is 0 Å². The Morgan fingerprint density at radius 1 is 1.25 bits per heavy atom. The summed E-state index contributed by atoms with van der Waals surface area (Å²) in [5.74, 6) is 0. The zero-order valence-electron chi connectivity index (χ0n) is 10.4. The van der Waals surface area contributed by atoms with E-state index in [1.807, 2.05) is 0 Å². The van der Waals surface area contributed by atoms with Crippen molar-refractivity contribution in [1.82, 2.24) is 4.90 Å². The van der Waals surface area contributed by atoms with E-state index in [2.05, 4.69) is 48.3 Å². The van der Waals surface area contributed by atoms with Crippen molar-refractivity contribution in [2.75, 3.05) is 18.4 Å². The number of rotatable bonds is 6. The molecule has 1 fully saturated rings. The van der Waals surface area contributed by atoms with Gasteiger partial charge in [0.1, 0.15) is 0 Å². The van der Waals surface area contributed by atoms with Crippen LogP contribution >= 0.6 is 0 Å². The lowest BCUT2D eigenvalue weighted by Gasteiger charge is -2.18. The van der Waals surface area contributed by atoms with Crippen molar-refractivity contribution >= 4 is 5.69 Å². The van der Waals surface area contributed by atoms with E-state index >= 15 is 0 Å². The van der Waals surface area contributed by atoms with Gasteiger partial charge in [-0.05, 0) is 43.6 Å². The van der Waals surface area contributed by atoms with Crippen LogP contribution in [-0.2, 0) is 6.54 Å². The van der Waals surface area contributed by atoms with Crippen molar-refractivity contribution in [1.29, 1.82) is 0 Å². The fourth-order valence-corrected chi connectivity index (χ4v) is 1.93. The molecule has 0 aliphatic heterocycles. The zero-order chi connectivity index (χ0) is 11.4. The Morgan fingerprint density at radius 2 is 2.00 bits per heavy atom. The first kappa shape index (κ1) is 11.5. The van der Waals surface area contributed by atoms with Gasteiger partial charge in [0, 0.05) is 18.3 Å².